The van der Waals surface area contributed by atoms with Crippen molar-refractivity contribution in [3.05, 3.63) is 100 Å². The zero-order valence-corrected chi connectivity index (χ0v) is 16.3. The Hall–Kier alpha value is -2.96. The Morgan fingerprint density at radius 1 is 0.964 bits per heavy atom. The number of pyridine rings is 1. The number of benzene rings is 2. The lowest BCUT2D eigenvalue weighted by Gasteiger charge is -2.28. The number of aromatic nitrogens is 1. The third-order valence-corrected chi connectivity index (χ3v) is 5.25. The maximum atomic E-state index is 13.0. The van der Waals surface area contributed by atoms with E-state index in [0.717, 1.165) is 10.0 Å². The standard InChI is InChI=1S/C22H17BrN2O3/c23-16-11-9-15(10-12-16)20(26)18-19(14-6-2-1-3-7-14)25(22(28)21(18)27)17-8-4-5-13-24-17/h1-13,19,22,26,28H. The summed E-state index contributed by atoms with van der Waals surface area (Å²) >= 11 is 3.37. The Kier molecular flexibility index (Phi) is 4.98. The van der Waals surface area contributed by atoms with Crippen LogP contribution in [0.5, 0.6) is 0 Å². The number of ketones is 1. The molecule has 2 heterocycles. The van der Waals surface area contributed by atoms with E-state index in [4.69, 9.17) is 0 Å². The number of nitrogens with zero attached hydrogens (tertiary/aromatic N) is 2. The normalized spacial score (nSPS) is 21.1. The molecule has 1 saturated heterocycles. The topological polar surface area (TPSA) is 73.7 Å². The van der Waals surface area contributed by atoms with Gasteiger partial charge in [-0.15, -0.1) is 0 Å². The summed E-state index contributed by atoms with van der Waals surface area (Å²) in [5.41, 5.74) is 1.42. The third kappa shape index (κ3) is 3.21. The van der Waals surface area contributed by atoms with E-state index in [1.807, 2.05) is 30.3 Å². The van der Waals surface area contributed by atoms with Crippen molar-refractivity contribution in [1.82, 2.24) is 4.98 Å². The van der Waals surface area contributed by atoms with Crippen molar-refractivity contribution in [2.45, 2.75) is 12.3 Å². The van der Waals surface area contributed by atoms with Crippen LogP contribution in [0.15, 0.2) is 89.0 Å². The molecule has 140 valence electrons. The zero-order chi connectivity index (χ0) is 19.7. The van der Waals surface area contributed by atoms with Crippen molar-refractivity contribution in [2.75, 3.05) is 4.90 Å². The van der Waals surface area contributed by atoms with Gasteiger partial charge in [0, 0.05) is 16.2 Å². The second kappa shape index (κ2) is 7.58. The van der Waals surface area contributed by atoms with Crippen molar-refractivity contribution in [3.8, 4) is 0 Å². The lowest BCUT2D eigenvalue weighted by molar-refractivity contribution is -0.121. The van der Waals surface area contributed by atoms with Gasteiger partial charge in [-0.05, 0) is 29.8 Å². The molecule has 0 amide bonds. The van der Waals surface area contributed by atoms with Crippen LogP contribution >= 0.6 is 15.9 Å². The van der Waals surface area contributed by atoms with Crippen LogP contribution in [-0.4, -0.2) is 27.2 Å². The Morgan fingerprint density at radius 2 is 1.64 bits per heavy atom. The van der Waals surface area contributed by atoms with Crippen LogP contribution in [0.4, 0.5) is 5.82 Å². The van der Waals surface area contributed by atoms with Crippen LogP contribution in [0.25, 0.3) is 5.76 Å². The molecule has 0 saturated carbocycles. The van der Waals surface area contributed by atoms with E-state index in [9.17, 15) is 15.0 Å². The molecule has 1 aliphatic rings. The second-order valence-electron chi connectivity index (χ2n) is 6.42. The fourth-order valence-corrected chi connectivity index (χ4v) is 3.68. The van der Waals surface area contributed by atoms with Crippen LogP contribution in [0.2, 0.25) is 0 Å². The Labute approximate surface area is 170 Å². The summed E-state index contributed by atoms with van der Waals surface area (Å²) in [6.07, 6.45) is 0.165. The molecular weight excluding hydrogens is 420 g/mol. The molecule has 6 heteroatoms. The third-order valence-electron chi connectivity index (χ3n) is 4.72. The molecule has 3 aromatic rings. The number of anilines is 1. The minimum absolute atomic E-state index is 0.145. The van der Waals surface area contributed by atoms with E-state index < -0.39 is 18.1 Å². The van der Waals surface area contributed by atoms with Gasteiger partial charge in [-0.2, -0.15) is 0 Å². The molecule has 0 radical (unpaired) electrons. The number of carbonyl (C=O) groups is 1. The van der Waals surface area contributed by atoms with Gasteiger partial charge in [0.25, 0.3) is 0 Å². The van der Waals surface area contributed by atoms with Crippen molar-refractivity contribution < 1.29 is 15.0 Å². The first-order chi connectivity index (χ1) is 13.6. The molecule has 28 heavy (non-hydrogen) atoms. The number of hydrogen-bond donors (Lipinski definition) is 2. The maximum Gasteiger partial charge on any atom is 0.214 e. The van der Waals surface area contributed by atoms with Crippen molar-refractivity contribution in [2.24, 2.45) is 0 Å². The molecule has 1 aromatic heterocycles. The highest BCUT2D eigenvalue weighted by Gasteiger charge is 2.47. The Balaban J connectivity index is 1.92. The molecule has 1 fully saturated rings. The first kappa shape index (κ1) is 18.4. The number of aliphatic hydroxyl groups is 2. The van der Waals surface area contributed by atoms with Gasteiger partial charge < -0.3 is 15.1 Å². The van der Waals surface area contributed by atoms with Gasteiger partial charge in [-0.25, -0.2) is 4.98 Å². The highest BCUT2D eigenvalue weighted by molar-refractivity contribution is 9.10. The number of hydrogen-bond acceptors (Lipinski definition) is 5. The Morgan fingerprint density at radius 3 is 2.29 bits per heavy atom. The second-order valence-corrected chi connectivity index (χ2v) is 7.33. The highest BCUT2D eigenvalue weighted by Crippen LogP contribution is 2.43. The first-order valence-electron chi connectivity index (χ1n) is 8.73. The number of halogens is 1. The smallest absolute Gasteiger partial charge is 0.214 e. The molecule has 2 unspecified atom stereocenters. The number of rotatable bonds is 3. The predicted octanol–water partition coefficient (Wildman–Crippen LogP) is 4.26. The van der Waals surface area contributed by atoms with E-state index in [2.05, 4.69) is 20.9 Å². The van der Waals surface area contributed by atoms with E-state index in [0.29, 0.717) is 11.4 Å². The summed E-state index contributed by atoms with van der Waals surface area (Å²) in [6.45, 7) is 0. The number of carbonyl (C=O) groups excluding carboxylic acids is 1. The molecular formula is C22H17BrN2O3. The minimum Gasteiger partial charge on any atom is -0.507 e. The van der Waals surface area contributed by atoms with Gasteiger partial charge in [0.15, 0.2) is 6.23 Å². The number of Topliss-reactive ketones (excluding diaryl/α,β-unsaturated/α-hetero) is 1. The van der Waals surface area contributed by atoms with Crippen LogP contribution in [-0.2, 0) is 4.79 Å². The predicted molar refractivity (Wildman–Crippen MR) is 111 cm³/mol. The fourth-order valence-electron chi connectivity index (χ4n) is 3.42. The monoisotopic (exact) mass is 436 g/mol. The summed E-state index contributed by atoms with van der Waals surface area (Å²) in [6, 6.07) is 20.9. The summed E-state index contributed by atoms with van der Waals surface area (Å²) in [7, 11) is 0. The van der Waals surface area contributed by atoms with Crippen LogP contribution < -0.4 is 4.90 Å². The molecule has 0 aliphatic carbocycles. The summed E-state index contributed by atoms with van der Waals surface area (Å²) in [5.74, 6) is -0.237. The van der Waals surface area contributed by atoms with E-state index in [1.54, 1.807) is 48.7 Å². The average Bonchev–Trinajstić information content (AvgIpc) is 3.00. The van der Waals surface area contributed by atoms with Crippen molar-refractivity contribution in [3.63, 3.8) is 0 Å². The summed E-state index contributed by atoms with van der Waals surface area (Å²) in [4.78, 5) is 18.8. The van der Waals surface area contributed by atoms with Gasteiger partial charge in [0.2, 0.25) is 5.78 Å². The van der Waals surface area contributed by atoms with Gasteiger partial charge in [0.1, 0.15) is 11.6 Å². The van der Waals surface area contributed by atoms with E-state index in [-0.39, 0.29) is 11.3 Å². The van der Waals surface area contributed by atoms with Gasteiger partial charge >= 0.3 is 0 Å². The van der Waals surface area contributed by atoms with Crippen molar-refractivity contribution >= 4 is 33.3 Å². The molecule has 2 atom stereocenters. The largest absolute Gasteiger partial charge is 0.507 e. The van der Waals surface area contributed by atoms with Crippen molar-refractivity contribution in [1.29, 1.82) is 0 Å². The fraction of sp³-hybridized carbons (Fsp3) is 0.0909. The maximum absolute atomic E-state index is 13.0. The number of aliphatic hydroxyl groups excluding tert-OH is 2. The summed E-state index contributed by atoms with van der Waals surface area (Å²) < 4.78 is 0.863. The van der Waals surface area contributed by atoms with Crippen LogP contribution in [0.3, 0.4) is 0 Å². The molecule has 2 aromatic carbocycles. The van der Waals surface area contributed by atoms with E-state index in [1.165, 1.54) is 4.90 Å². The SMILES string of the molecule is O=C1C(=C(O)c2ccc(Br)cc2)C(c2ccccc2)N(c2ccccn2)C1O. The molecule has 2 N–H and O–H groups in total. The lowest BCUT2D eigenvalue weighted by atomic mass is 9.95. The molecule has 0 spiro atoms. The van der Waals surface area contributed by atoms with Crippen LogP contribution in [0, 0.1) is 0 Å². The Bertz CT molecular complexity index is 1020. The van der Waals surface area contributed by atoms with Gasteiger partial charge in [0.05, 0.1) is 11.6 Å². The molecule has 4 rings (SSSR count). The van der Waals surface area contributed by atoms with E-state index >= 15 is 0 Å². The van der Waals surface area contributed by atoms with Gasteiger partial charge in [-0.1, -0.05) is 64.5 Å². The van der Waals surface area contributed by atoms with Crippen LogP contribution in [0.1, 0.15) is 17.2 Å². The average molecular weight is 437 g/mol. The molecule has 5 nitrogen and oxygen atoms in total. The molecule has 0 bridgehead atoms. The highest BCUT2D eigenvalue weighted by atomic mass is 79.9. The lowest BCUT2D eigenvalue weighted by Crippen LogP contribution is -2.34. The quantitative estimate of drug-likeness (QED) is 0.473. The minimum atomic E-state index is -1.44. The summed E-state index contributed by atoms with van der Waals surface area (Å²) in [5, 5.41) is 21.7. The van der Waals surface area contributed by atoms with Gasteiger partial charge in [-0.3, -0.25) is 4.79 Å². The zero-order valence-electron chi connectivity index (χ0n) is 14.7. The molecule has 1 aliphatic heterocycles. The first-order valence-corrected chi connectivity index (χ1v) is 9.53.